The van der Waals surface area contributed by atoms with E-state index in [0.717, 1.165) is 9.50 Å². The van der Waals surface area contributed by atoms with Crippen molar-refractivity contribution in [3.63, 3.8) is 0 Å². The van der Waals surface area contributed by atoms with Crippen LogP contribution in [-0.4, -0.2) is 33.7 Å². The van der Waals surface area contributed by atoms with Crippen LogP contribution in [0.2, 0.25) is 0 Å². The van der Waals surface area contributed by atoms with Crippen LogP contribution in [0.1, 0.15) is 0 Å². The van der Waals surface area contributed by atoms with E-state index in [1.165, 1.54) is 11.8 Å². The van der Waals surface area contributed by atoms with Crippen LogP contribution in [0.4, 0.5) is 0 Å². The Kier molecular flexibility index (Phi) is 4.72. The first-order valence-electron chi connectivity index (χ1n) is 3.76. The second-order valence-electron chi connectivity index (χ2n) is 2.44. The van der Waals surface area contributed by atoms with E-state index in [1.807, 2.05) is 12.1 Å². The monoisotopic (exact) mass is 263 g/mol. The number of aliphatic hydroxyl groups is 2. The molecule has 0 spiro atoms. The number of aromatic nitrogens is 1. The lowest BCUT2D eigenvalue weighted by Gasteiger charge is -2.06. The van der Waals surface area contributed by atoms with Crippen LogP contribution < -0.4 is 0 Å². The predicted molar refractivity (Wildman–Crippen MR) is 55.8 cm³/mol. The van der Waals surface area contributed by atoms with E-state index in [-0.39, 0.29) is 6.61 Å². The molecule has 1 rings (SSSR count). The molecule has 5 heteroatoms. The van der Waals surface area contributed by atoms with Gasteiger partial charge in [-0.05, 0) is 28.1 Å². The molecule has 3 nitrogen and oxygen atoms in total. The molecule has 0 unspecified atom stereocenters. The van der Waals surface area contributed by atoms with Gasteiger partial charge < -0.3 is 10.2 Å². The number of halogens is 1. The summed E-state index contributed by atoms with van der Waals surface area (Å²) in [5.74, 6) is 0.451. The number of hydrogen-bond acceptors (Lipinski definition) is 4. The van der Waals surface area contributed by atoms with E-state index in [9.17, 15) is 0 Å². The van der Waals surface area contributed by atoms with Crippen LogP contribution in [0, 0.1) is 0 Å². The van der Waals surface area contributed by atoms with Crippen LogP contribution in [0.15, 0.2) is 27.8 Å². The van der Waals surface area contributed by atoms with Crippen molar-refractivity contribution in [2.24, 2.45) is 0 Å². The molecule has 1 heterocycles. The van der Waals surface area contributed by atoms with Crippen LogP contribution in [0.5, 0.6) is 0 Å². The zero-order chi connectivity index (χ0) is 9.68. The summed E-state index contributed by atoms with van der Waals surface area (Å²) in [6, 6.07) is 3.72. The lowest BCUT2D eigenvalue weighted by molar-refractivity contribution is 0.113. The molecule has 0 amide bonds. The molecule has 2 N–H and O–H groups in total. The van der Waals surface area contributed by atoms with Crippen LogP contribution >= 0.6 is 27.7 Å². The highest BCUT2D eigenvalue weighted by atomic mass is 79.9. The van der Waals surface area contributed by atoms with E-state index in [2.05, 4.69) is 20.9 Å². The van der Waals surface area contributed by atoms with Gasteiger partial charge in [0.15, 0.2) is 0 Å². The van der Waals surface area contributed by atoms with E-state index in [4.69, 9.17) is 10.2 Å². The molecule has 0 saturated heterocycles. The Hall–Kier alpha value is -0.100. The SMILES string of the molecule is OC[C@H](O)CSc1ncccc1Br. The molecule has 1 aromatic heterocycles. The third kappa shape index (κ3) is 3.64. The predicted octanol–water partition coefficient (Wildman–Crippen LogP) is 1.29. The van der Waals surface area contributed by atoms with Gasteiger partial charge in [-0.15, -0.1) is 11.8 Å². The highest BCUT2D eigenvalue weighted by Crippen LogP contribution is 2.24. The Morgan fingerprint density at radius 2 is 2.38 bits per heavy atom. The maximum absolute atomic E-state index is 9.10. The molecule has 0 saturated carbocycles. The Labute approximate surface area is 89.3 Å². The molecule has 0 fully saturated rings. The summed E-state index contributed by atoms with van der Waals surface area (Å²) < 4.78 is 0.908. The minimum Gasteiger partial charge on any atom is -0.394 e. The molecule has 1 aromatic rings. The summed E-state index contributed by atoms with van der Waals surface area (Å²) in [7, 11) is 0. The van der Waals surface area contributed by atoms with Crippen molar-refractivity contribution in [1.29, 1.82) is 0 Å². The lowest BCUT2D eigenvalue weighted by Crippen LogP contribution is -2.14. The first-order valence-corrected chi connectivity index (χ1v) is 5.54. The summed E-state index contributed by atoms with van der Waals surface area (Å²) in [5, 5.41) is 18.5. The first-order chi connectivity index (χ1) is 6.24. The number of rotatable bonds is 4. The van der Waals surface area contributed by atoms with Gasteiger partial charge in [-0.25, -0.2) is 4.98 Å². The van der Waals surface area contributed by atoms with Crippen molar-refractivity contribution >= 4 is 27.7 Å². The van der Waals surface area contributed by atoms with Crippen LogP contribution in [0.3, 0.4) is 0 Å². The van der Waals surface area contributed by atoms with Crippen molar-refractivity contribution < 1.29 is 10.2 Å². The molecule has 0 aromatic carbocycles. The lowest BCUT2D eigenvalue weighted by atomic mass is 10.4. The maximum Gasteiger partial charge on any atom is 0.110 e. The fourth-order valence-corrected chi connectivity index (χ4v) is 2.10. The molecule has 13 heavy (non-hydrogen) atoms. The molecular formula is C8H10BrNO2S. The minimum atomic E-state index is -0.682. The molecule has 0 bridgehead atoms. The molecule has 0 aliphatic carbocycles. The topological polar surface area (TPSA) is 53.4 Å². The zero-order valence-electron chi connectivity index (χ0n) is 6.85. The van der Waals surface area contributed by atoms with Gasteiger partial charge in [0.05, 0.1) is 12.7 Å². The maximum atomic E-state index is 9.10. The van der Waals surface area contributed by atoms with Crippen LogP contribution in [-0.2, 0) is 0 Å². The van der Waals surface area contributed by atoms with Crippen molar-refractivity contribution in [1.82, 2.24) is 4.98 Å². The number of thioether (sulfide) groups is 1. The number of hydrogen-bond donors (Lipinski definition) is 2. The molecule has 72 valence electrons. The van der Waals surface area contributed by atoms with Crippen molar-refractivity contribution in [2.75, 3.05) is 12.4 Å². The normalized spacial score (nSPS) is 12.8. The highest BCUT2D eigenvalue weighted by Gasteiger charge is 2.05. The van der Waals surface area contributed by atoms with Crippen LogP contribution in [0.25, 0.3) is 0 Å². The van der Waals surface area contributed by atoms with E-state index < -0.39 is 6.10 Å². The van der Waals surface area contributed by atoms with Gasteiger partial charge in [-0.3, -0.25) is 0 Å². The molecule has 1 atom stereocenters. The Balaban J connectivity index is 2.50. The summed E-state index contributed by atoms with van der Waals surface area (Å²) in [5.41, 5.74) is 0. The average Bonchev–Trinajstić information content (AvgIpc) is 2.16. The van der Waals surface area contributed by atoms with Gasteiger partial charge in [-0.2, -0.15) is 0 Å². The van der Waals surface area contributed by atoms with Gasteiger partial charge in [0.25, 0.3) is 0 Å². The molecular weight excluding hydrogens is 254 g/mol. The zero-order valence-corrected chi connectivity index (χ0v) is 9.25. The number of pyridine rings is 1. The third-order valence-corrected chi connectivity index (χ3v) is 3.40. The fourth-order valence-electron chi connectivity index (χ4n) is 0.705. The van der Waals surface area contributed by atoms with Crippen molar-refractivity contribution in [2.45, 2.75) is 11.1 Å². The number of aliphatic hydroxyl groups excluding tert-OH is 2. The fraction of sp³-hybridized carbons (Fsp3) is 0.375. The van der Waals surface area contributed by atoms with Gasteiger partial charge in [-0.1, -0.05) is 0 Å². The Morgan fingerprint density at radius 3 is 3.00 bits per heavy atom. The smallest absolute Gasteiger partial charge is 0.110 e. The summed E-state index contributed by atoms with van der Waals surface area (Å²) >= 11 is 4.75. The number of nitrogens with zero attached hydrogens (tertiary/aromatic N) is 1. The van der Waals surface area contributed by atoms with Gasteiger partial charge >= 0.3 is 0 Å². The summed E-state index contributed by atoms with van der Waals surface area (Å²) in [6.07, 6.45) is 1.01. The van der Waals surface area contributed by atoms with Gasteiger partial charge in [0, 0.05) is 16.4 Å². The largest absolute Gasteiger partial charge is 0.394 e. The average molecular weight is 264 g/mol. The van der Waals surface area contributed by atoms with Gasteiger partial charge in [0.2, 0.25) is 0 Å². The minimum absolute atomic E-state index is 0.211. The highest BCUT2D eigenvalue weighted by molar-refractivity contribution is 9.10. The summed E-state index contributed by atoms with van der Waals surface area (Å²) in [6.45, 7) is -0.211. The first kappa shape index (κ1) is 11.0. The van der Waals surface area contributed by atoms with E-state index in [1.54, 1.807) is 6.20 Å². The van der Waals surface area contributed by atoms with E-state index >= 15 is 0 Å². The van der Waals surface area contributed by atoms with E-state index in [0.29, 0.717) is 5.75 Å². The van der Waals surface area contributed by atoms with Gasteiger partial charge in [0.1, 0.15) is 5.03 Å². The molecule has 0 aliphatic heterocycles. The standard InChI is InChI=1S/C8H10BrNO2S/c9-7-2-1-3-10-8(7)13-5-6(12)4-11/h1-3,6,11-12H,4-5H2/t6-/m0/s1. The second kappa shape index (κ2) is 5.59. The third-order valence-electron chi connectivity index (χ3n) is 1.35. The molecule has 0 aliphatic rings. The summed E-state index contributed by atoms with van der Waals surface area (Å²) in [4.78, 5) is 4.11. The van der Waals surface area contributed by atoms with Crippen molar-refractivity contribution in [3.05, 3.63) is 22.8 Å². The second-order valence-corrected chi connectivity index (χ2v) is 4.30. The molecule has 0 radical (unpaired) electrons. The quantitative estimate of drug-likeness (QED) is 0.805. The Morgan fingerprint density at radius 1 is 1.62 bits per heavy atom. The Bertz CT molecular complexity index is 272. The van der Waals surface area contributed by atoms with Crippen molar-refractivity contribution in [3.8, 4) is 0 Å².